The number of aldehydes is 1. The average molecular weight is 263 g/mol. The highest BCUT2D eigenvalue weighted by Crippen LogP contribution is 2.24. The summed E-state index contributed by atoms with van der Waals surface area (Å²) >= 11 is 11.3. The summed E-state index contributed by atoms with van der Waals surface area (Å²) in [5.41, 5.74) is 0.524. The third-order valence-electron chi connectivity index (χ3n) is 1.80. The van der Waals surface area contributed by atoms with Gasteiger partial charge in [-0.1, -0.05) is 11.6 Å². The van der Waals surface area contributed by atoms with Crippen LogP contribution in [0.4, 0.5) is 0 Å². The standard InChI is InChI=1S/C11H12Cl2O3/c12-3-4-15-5-6-16-11-2-1-9(8-14)7-10(11)13/h1-2,7-8H,3-6H2. The molecule has 1 aromatic carbocycles. The zero-order valence-electron chi connectivity index (χ0n) is 8.62. The van der Waals surface area contributed by atoms with Crippen molar-refractivity contribution in [2.45, 2.75) is 0 Å². The molecule has 16 heavy (non-hydrogen) atoms. The molecule has 0 aromatic heterocycles. The maximum Gasteiger partial charge on any atom is 0.150 e. The fraction of sp³-hybridized carbons (Fsp3) is 0.364. The highest BCUT2D eigenvalue weighted by atomic mass is 35.5. The first kappa shape index (κ1) is 13.3. The maximum atomic E-state index is 10.5. The molecule has 0 N–H and O–H groups in total. The Balaban J connectivity index is 2.39. The third kappa shape index (κ3) is 4.39. The molecule has 0 saturated heterocycles. The summed E-state index contributed by atoms with van der Waals surface area (Å²) in [5, 5.41) is 0.418. The Labute approximate surface area is 104 Å². The van der Waals surface area contributed by atoms with Crippen molar-refractivity contribution in [3.8, 4) is 5.75 Å². The van der Waals surface area contributed by atoms with Gasteiger partial charge in [0.1, 0.15) is 18.6 Å². The van der Waals surface area contributed by atoms with Crippen molar-refractivity contribution in [1.29, 1.82) is 0 Å². The van der Waals surface area contributed by atoms with Crippen LogP contribution in [0.15, 0.2) is 18.2 Å². The van der Waals surface area contributed by atoms with Gasteiger partial charge in [-0.2, -0.15) is 0 Å². The molecular weight excluding hydrogens is 251 g/mol. The number of halogens is 2. The molecule has 5 heteroatoms. The second-order valence-corrected chi connectivity index (χ2v) is 3.74. The number of hydrogen-bond donors (Lipinski definition) is 0. The van der Waals surface area contributed by atoms with Crippen LogP contribution in [0.2, 0.25) is 5.02 Å². The van der Waals surface area contributed by atoms with E-state index >= 15 is 0 Å². The van der Waals surface area contributed by atoms with Gasteiger partial charge in [0.2, 0.25) is 0 Å². The smallest absolute Gasteiger partial charge is 0.150 e. The van der Waals surface area contributed by atoms with E-state index in [2.05, 4.69) is 0 Å². The van der Waals surface area contributed by atoms with Crippen LogP contribution in [0.3, 0.4) is 0 Å². The maximum absolute atomic E-state index is 10.5. The van der Waals surface area contributed by atoms with Crippen LogP contribution in [0.25, 0.3) is 0 Å². The number of carbonyl (C=O) groups is 1. The monoisotopic (exact) mass is 262 g/mol. The predicted molar refractivity (Wildman–Crippen MR) is 63.9 cm³/mol. The van der Waals surface area contributed by atoms with E-state index in [-0.39, 0.29) is 0 Å². The molecule has 0 radical (unpaired) electrons. The van der Waals surface area contributed by atoms with Crippen LogP contribution >= 0.6 is 23.2 Å². The third-order valence-corrected chi connectivity index (χ3v) is 2.25. The highest BCUT2D eigenvalue weighted by Gasteiger charge is 2.02. The Bertz CT molecular complexity index is 342. The molecule has 1 aromatic rings. The number of alkyl halides is 1. The summed E-state index contributed by atoms with van der Waals surface area (Å²) in [6, 6.07) is 4.87. The summed E-state index contributed by atoms with van der Waals surface area (Å²) in [7, 11) is 0. The molecule has 0 heterocycles. The molecule has 0 aliphatic carbocycles. The van der Waals surface area contributed by atoms with E-state index in [0.29, 0.717) is 42.0 Å². The van der Waals surface area contributed by atoms with Crippen LogP contribution in [0.1, 0.15) is 10.4 Å². The van der Waals surface area contributed by atoms with Gasteiger partial charge in [-0.15, -0.1) is 11.6 Å². The van der Waals surface area contributed by atoms with E-state index in [1.54, 1.807) is 18.2 Å². The number of hydrogen-bond acceptors (Lipinski definition) is 3. The molecule has 3 nitrogen and oxygen atoms in total. The van der Waals surface area contributed by atoms with Crippen LogP contribution in [-0.2, 0) is 4.74 Å². The lowest BCUT2D eigenvalue weighted by Crippen LogP contribution is -2.08. The zero-order valence-corrected chi connectivity index (χ0v) is 10.1. The molecule has 0 fully saturated rings. The van der Waals surface area contributed by atoms with Crippen molar-refractivity contribution in [3.05, 3.63) is 28.8 Å². The van der Waals surface area contributed by atoms with Crippen molar-refractivity contribution in [1.82, 2.24) is 0 Å². The zero-order chi connectivity index (χ0) is 11.8. The topological polar surface area (TPSA) is 35.5 Å². The molecule has 0 spiro atoms. The van der Waals surface area contributed by atoms with E-state index in [9.17, 15) is 4.79 Å². The number of ether oxygens (including phenoxy) is 2. The van der Waals surface area contributed by atoms with E-state index < -0.39 is 0 Å². The van der Waals surface area contributed by atoms with E-state index in [1.807, 2.05) is 0 Å². The Hall–Kier alpha value is -0.770. The van der Waals surface area contributed by atoms with Crippen molar-refractivity contribution >= 4 is 29.5 Å². The average Bonchev–Trinajstić information content (AvgIpc) is 2.30. The minimum atomic E-state index is 0.400. The molecular formula is C11H12Cl2O3. The molecule has 0 unspecified atom stereocenters. The van der Waals surface area contributed by atoms with Crippen LogP contribution in [-0.4, -0.2) is 32.0 Å². The van der Waals surface area contributed by atoms with Gasteiger partial charge >= 0.3 is 0 Å². The first-order chi connectivity index (χ1) is 7.77. The molecule has 0 saturated carbocycles. The summed E-state index contributed by atoms with van der Waals surface area (Å²) < 4.78 is 10.5. The van der Waals surface area contributed by atoms with Crippen LogP contribution in [0, 0.1) is 0 Å². The number of carbonyl (C=O) groups excluding carboxylic acids is 1. The summed E-state index contributed by atoms with van der Waals surface area (Å²) in [6.45, 7) is 1.36. The highest BCUT2D eigenvalue weighted by molar-refractivity contribution is 6.32. The van der Waals surface area contributed by atoms with E-state index in [0.717, 1.165) is 6.29 Å². The van der Waals surface area contributed by atoms with Gasteiger partial charge in [0.25, 0.3) is 0 Å². The number of benzene rings is 1. The van der Waals surface area contributed by atoms with Crippen molar-refractivity contribution < 1.29 is 14.3 Å². The van der Waals surface area contributed by atoms with Gasteiger partial charge in [0.05, 0.1) is 18.2 Å². The second kappa shape index (κ2) is 7.49. The molecule has 0 amide bonds. The molecule has 0 aliphatic heterocycles. The van der Waals surface area contributed by atoms with Gasteiger partial charge in [-0.05, 0) is 18.2 Å². The van der Waals surface area contributed by atoms with E-state index in [1.165, 1.54) is 0 Å². The van der Waals surface area contributed by atoms with Crippen molar-refractivity contribution in [2.24, 2.45) is 0 Å². The number of rotatable bonds is 7. The van der Waals surface area contributed by atoms with Gasteiger partial charge < -0.3 is 9.47 Å². The lowest BCUT2D eigenvalue weighted by atomic mass is 10.2. The lowest BCUT2D eigenvalue weighted by Gasteiger charge is -2.08. The van der Waals surface area contributed by atoms with Gasteiger partial charge in [-0.3, -0.25) is 4.79 Å². The Kier molecular flexibility index (Phi) is 6.23. The van der Waals surface area contributed by atoms with Gasteiger partial charge in [-0.25, -0.2) is 0 Å². The fourth-order valence-electron chi connectivity index (χ4n) is 1.07. The molecule has 0 bridgehead atoms. The largest absolute Gasteiger partial charge is 0.490 e. The predicted octanol–water partition coefficient (Wildman–Crippen LogP) is 2.79. The summed E-state index contributed by atoms with van der Waals surface area (Å²) in [5.74, 6) is 1.01. The van der Waals surface area contributed by atoms with Crippen LogP contribution in [0.5, 0.6) is 5.75 Å². The Morgan fingerprint density at radius 3 is 2.69 bits per heavy atom. The van der Waals surface area contributed by atoms with Gasteiger partial charge in [0.15, 0.2) is 0 Å². The summed E-state index contributed by atoms with van der Waals surface area (Å²) in [6.07, 6.45) is 0.735. The normalized spacial score (nSPS) is 10.1. The minimum absolute atomic E-state index is 0.400. The minimum Gasteiger partial charge on any atom is -0.490 e. The summed E-state index contributed by atoms with van der Waals surface area (Å²) in [4.78, 5) is 10.5. The lowest BCUT2D eigenvalue weighted by molar-refractivity contribution is 0.111. The molecule has 1 rings (SSSR count). The Morgan fingerprint density at radius 1 is 1.25 bits per heavy atom. The second-order valence-electron chi connectivity index (χ2n) is 2.96. The quantitative estimate of drug-likeness (QED) is 0.431. The van der Waals surface area contributed by atoms with Crippen molar-refractivity contribution in [3.63, 3.8) is 0 Å². The SMILES string of the molecule is O=Cc1ccc(OCCOCCCl)c(Cl)c1. The molecule has 0 atom stereocenters. The first-order valence-corrected chi connectivity index (χ1v) is 5.70. The van der Waals surface area contributed by atoms with Crippen molar-refractivity contribution in [2.75, 3.05) is 25.7 Å². The van der Waals surface area contributed by atoms with E-state index in [4.69, 9.17) is 32.7 Å². The van der Waals surface area contributed by atoms with Crippen LogP contribution < -0.4 is 4.74 Å². The fourth-order valence-corrected chi connectivity index (χ4v) is 1.43. The molecule has 88 valence electrons. The van der Waals surface area contributed by atoms with Gasteiger partial charge in [0, 0.05) is 11.4 Å². The first-order valence-electron chi connectivity index (χ1n) is 4.79. The molecule has 0 aliphatic rings. The Morgan fingerprint density at radius 2 is 2.06 bits per heavy atom.